The van der Waals surface area contributed by atoms with E-state index in [-0.39, 0.29) is 17.7 Å². The lowest BCUT2D eigenvalue weighted by atomic mass is 10.0. The molecule has 6 nitrogen and oxygen atoms in total. The van der Waals surface area contributed by atoms with Crippen LogP contribution in [0.3, 0.4) is 0 Å². The van der Waals surface area contributed by atoms with Crippen LogP contribution in [-0.2, 0) is 6.54 Å². The summed E-state index contributed by atoms with van der Waals surface area (Å²) in [7, 11) is 0. The van der Waals surface area contributed by atoms with Crippen LogP contribution in [0.25, 0.3) is 11.0 Å². The normalized spacial score (nSPS) is 12.3. The van der Waals surface area contributed by atoms with E-state index in [2.05, 4.69) is 48.9 Å². The Morgan fingerprint density at radius 3 is 2.69 bits per heavy atom. The summed E-state index contributed by atoms with van der Waals surface area (Å²) < 4.78 is 13.6. The van der Waals surface area contributed by atoms with Crippen molar-refractivity contribution in [1.29, 1.82) is 0 Å². The molecule has 166 valence electrons. The van der Waals surface area contributed by atoms with Crippen LogP contribution >= 0.6 is 0 Å². The highest BCUT2D eigenvalue weighted by Gasteiger charge is 2.20. The molecular weight excluding hydrogens is 402 g/mol. The van der Waals surface area contributed by atoms with E-state index < -0.39 is 0 Å². The number of amides is 1. The second kappa shape index (κ2) is 9.30. The van der Waals surface area contributed by atoms with Gasteiger partial charge in [0, 0.05) is 0 Å². The summed E-state index contributed by atoms with van der Waals surface area (Å²) in [6.45, 7) is 9.45. The van der Waals surface area contributed by atoms with Crippen LogP contribution in [0.1, 0.15) is 60.2 Å². The maximum Gasteiger partial charge on any atom is 0.287 e. The van der Waals surface area contributed by atoms with Gasteiger partial charge in [-0.2, -0.15) is 0 Å². The number of aryl methyl sites for hydroxylation is 1. The molecule has 6 heteroatoms. The number of benzene rings is 2. The fourth-order valence-corrected chi connectivity index (χ4v) is 3.89. The first-order valence-electron chi connectivity index (χ1n) is 11.0. The molecule has 0 aliphatic rings. The second-order valence-electron chi connectivity index (χ2n) is 8.33. The summed E-state index contributed by atoms with van der Waals surface area (Å²) in [5, 5.41) is 2.98. The monoisotopic (exact) mass is 431 g/mol. The van der Waals surface area contributed by atoms with Crippen molar-refractivity contribution in [2.75, 3.05) is 6.61 Å². The smallest absolute Gasteiger partial charge is 0.287 e. The molecule has 0 unspecified atom stereocenters. The van der Waals surface area contributed by atoms with Gasteiger partial charge in [-0.15, -0.1) is 0 Å². The zero-order chi connectivity index (χ0) is 22.7. The highest BCUT2D eigenvalue weighted by atomic mass is 16.5. The minimum absolute atomic E-state index is 0.265. The number of fused-ring (bicyclic) bond motifs is 1. The average Bonchev–Trinajstić information content (AvgIpc) is 3.42. The molecule has 2 aromatic carbocycles. The molecule has 4 rings (SSSR count). The van der Waals surface area contributed by atoms with Crippen LogP contribution in [-0.4, -0.2) is 22.1 Å². The van der Waals surface area contributed by atoms with Crippen molar-refractivity contribution in [3.63, 3.8) is 0 Å². The summed E-state index contributed by atoms with van der Waals surface area (Å²) in [6, 6.07) is 17.4. The third-order valence-corrected chi connectivity index (χ3v) is 5.53. The van der Waals surface area contributed by atoms with E-state index in [1.807, 2.05) is 31.2 Å². The average molecular weight is 432 g/mol. The topological polar surface area (TPSA) is 69.3 Å². The number of imidazole rings is 1. The van der Waals surface area contributed by atoms with Gasteiger partial charge in [0.2, 0.25) is 0 Å². The largest absolute Gasteiger partial charge is 0.491 e. The molecule has 1 N–H and O–H groups in total. The van der Waals surface area contributed by atoms with Crippen molar-refractivity contribution < 1.29 is 13.9 Å². The van der Waals surface area contributed by atoms with Crippen LogP contribution < -0.4 is 10.1 Å². The fourth-order valence-electron chi connectivity index (χ4n) is 3.89. The lowest BCUT2D eigenvalue weighted by Gasteiger charge is -2.18. The molecule has 32 heavy (non-hydrogen) atoms. The third kappa shape index (κ3) is 4.54. The van der Waals surface area contributed by atoms with Gasteiger partial charge in [0.15, 0.2) is 5.76 Å². The van der Waals surface area contributed by atoms with Crippen LogP contribution in [0.2, 0.25) is 0 Å². The predicted octanol–water partition coefficient (Wildman–Crippen LogP) is 5.63. The van der Waals surface area contributed by atoms with Gasteiger partial charge in [-0.05, 0) is 61.2 Å². The number of carbonyl (C=O) groups excluding carboxylic acids is 1. The van der Waals surface area contributed by atoms with E-state index in [0.717, 1.165) is 22.6 Å². The van der Waals surface area contributed by atoms with Crippen molar-refractivity contribution in [1.82, 2.24) is 14.9 Å². The number of hydrogen-bond donors (Lipinski definition) is 1. The van der Waals surface area contributed by atoms with Crippen LogP contribution in [0, 0.1) is 6.92 Å². The standard InChI is InChI=1S/C26H29N3O3/c1-17(2)20-12-11-18(3)16-24(20)32-15-13-29-22-9-6-5-8-21(22)28-25(29)19(4)27-26(30)23-10-7-14-31-23/h5-12,14,16-17,19H,13,15H2,1-4H3,(H,27,30)/t19-/m0/s1. The van der Waals surface area contributed by atoms with E-state index >= 15 is 0 Å². The summed E-state index contributed by atoms with van der Waals surface area (Å²) in [6.07, 6.45) is 1.49. The molecule has 0 radical (unpaired) electrons. The van der Waals surface area contributed by atoms with Crippen LogP contribution in [0.5, 0.6) is 5.75 Å². The van der Waals surface area contributed by atoms with Crippen molar-refractivity contribution in [2.45, 2.75) is 46.2 Å². The van der Waals surface area contributed by atoms with E-state index in [0.29, 0.717) is 19.1 Å². The highest BCUT2D eigenvalue weighted by molar-refractivity contribution is 5.91. The second-order valence-corrected chi connectivity index (χ2v) is 8.33. The van der Waals surface area contributed by atoms with Gasteiger partial charge in [0.05, 0.1) is 29.9 Å². The number of aromatic nitrogens is 2. The molecule has 1 atom stereocenters. The summed E-state index contributed by atoms with van der Waals surface area (Å²) >= 11 is 0. The van der Waals surface area contributed by atoms with E-state index in [1.54, 1.807) is 12.1 Å². The first-order chi connectivity index (χ1) is 15.4. The summed E-state index contributed by atoms with van der Waals surface area (Å²) in [4.78, 5) is 17.3. The molecule has 0 aliphatic heterocycles. The molecule has 1 amide bonds. The third-order valence-electron chi connectivity index (χ3n) is 5.53. The first-order valence-corrected chi connectivity index (χ1v) is 11.0. The number of para-hydroxylation sites is 2. The van der Waals surface area contributed by atoms with Gasteiger partial charge in [0.25, 0.3) is 5.91 Å². The highest BCUT2D eigenvalue weighted by Crippen LogP contribution is 2.28. The SMILES string of the molecule is Cc1ccc(C(C)C)c(OCCn2c([C@H](C)NC(=O)c3ccco3)nc3ccccc32)c1. The maximum atomic E-state index is 12.5. The number of nitrogens with zero attached hydrogens (tertiary/aromatic N) is 2. The number of nitrogens with one attached hydrogen (secondary N) is 1. The molecule has 0 spiro atoms. The number of rotatable bonds is 8. The van der Waals surface area contributed by atoms with Crippen LogP contribution in [0.4, 0.5) is 0 Å². The van der Waals surface area contributed by atoms with Gasteiger partial charge in [-0.25, -0.2) is 4.98 Å². The van der Waals surface area contributed by atoms with Gasteiger partial charge < -0.3 is 19.0 Å². The summed E-state index contributed by atoms with van der Waals surface area (Å²) in [5.41, 5.74) is 4.27. The first kappa shape index (κ1) is 21.7. The minimum atomic E-state index is -0.301. The zero-order valence-corrected chi connectivity index (χ0v) is 19.0. The fraction of sp³-hybridized carbons (Fsp3) is 0.308. The van der Waals surface area contributed by atoms with Gasteiger partial charge in [-0.1, -0.05) is 38.1 Å². The Labute approximate surface area is 188 Å². The number of hydrogen-bond acceptors (Lipinski definition) is 4. The predicted molar refractivity (Wildman–Crippen MR) is 125 cm³/mol. The lowest BCUT2D eigenvalue weighted by Crippen LogP contribution is -2.29. The van der Waals surface area contributed by atoms with E-state index in [1.165, 1.54) is 17.4 Å². The molecule has 2 aromatic heterocycles. The van der Waals surface area contributed by atoms with Crippen molar-refractivity contribution in [2.24, 2.45) is 0 Å². The molecule has 0 bridgehead atoms. The van der Waals surface area contributed by atoms with Gasteiger partial charge >= 0.3 is 0 Å². The van der Waals surface area contributed by atoms with E-state index in [4.69, 9.17) is 14.1 Å². The Bertz CT molecular complexity index is 1210. The Balaban J connectivity index is 1.56. The number of ether oxygens (including phenoxy) is 1. The molecule has 0 aliphatic carbocycles. The Hall–Kier alpha value is -3.54. The quantitative estimate of drug-likeness (QED) is 0.392. The molecule has 4 aromatic rings. The molecule has 0 saturated heterocycles. The summed E-state index contributed by atoms with van der Waals surface area (Å²) in [5.74, 6) is 2.10. The molecular formula is C26H29N3O3. The van der Waals surface area contributed by atoms with E-state index in [9.17, 15) is 4.79 Å². The number of carbonyl (C=O) groups is 1. The maximum absolute atomic E-state index is 12.5. The van der Waals surface area contributed by atoms with Gasteiger partial charge in [0.1, 0.15) is 18.2 Å². The Kier molecular flexibility index (Phi) is 6.30. The van der Waals surface area contributed by atoms with Crippen molar-refractivity contribution in [3.05, 3.63) is 83.6 Å². The van der Waals surface area contributed by atoms with Crippen molar-refractivity contribution >= 4 is 16.9 Å². The van der Waals surface area contributed by atoms with Crippen molar-refractivity contribution in [3.8, 4) is 5.75 Å². The zero-order valence-electron chi connectivity index (χ0n) is 19.0. The van der Waals surface area contributed by atoms with Gasteiger partial charge in [-0.3, -0.25) is 4.79 Å². The molecule has 0 saturated carbocycles. The molecule has 0 fully saturated rings. The molecule has 2 heterocycles. The number of furan rings is 1. The lowest BCUT2D eigenvalue weighted by molar-refractivity contribution is 0.0909. The Morgan fingerprint density at radius 2 is 1.94 bits per heavy atom. The van der Waals surface area contributed by atoms with Crippen LogP contribution in [0.15, 0.2) is 65.3 Å². The minimum Gasteiger partial charge on any atom is -0.491 e. The Morgan fingerprint density at radius 1 is 1.12 bits per heavy atom.